The summed E-state index contributed by atoms with van der Waals surface area (Å²) in [6.07, 6.45) is 0. The summed E-state index contributed by atoms with van der Waals surface area (Å²) < 4.78 is 13.3. The topological polar surface area (TPSA) is 58.2 Å². The minimum Gasteiger partial charge on any atom is -0.322 e. The molecule has 0 saturated carbocycles. The van der Waals surface area contributed by atoms with Crippen LogP contribution in [-0.2, 0) is 0 Å². The van der Waals surface area contributed by atoms with Crippen LogP contribution < -0.4 is 10.6 Å². The van der Waals surface area contributed by atoms with Crippen molar-refractivity contribution in [2.75, 3.05) is 10.6 Å². The lowest BCUT2D eigenvalue weighted by atomic mass is 10.1. The molecule has 0 unspecified atom stereocenters. The molecule has 0 bridgehead atoms. The van der Waals surface area contributed by atoms with Crippen molar-refractivity contribution in [2.24, 2.45) is 0 Å². The smallest absolute Gasteiger partial charge is 0.257 e. The summed E-state index contributed by atoms with van der Waals surface area (Å²) in [5.74, 6) is -1.18. The predicted molar refractivity (Wildman–Crippen MR) is 99.9 cm³/mol. The highest BCUT2D eigenvalue weighted by atomic mass is 19.1. The van der Waals surface area contributed by atoms with Gasteiger partial charge in [-0.3, -0.25) is 9.59 Å². The highest BCUT2D eigenvalue weighted by Crippen LogP contribution is 2.19. The van der Waals surface area contributed by atoms with Crippen LogP contribution in [0, 0.1) is 12.7 Å². The van der Waals surface area contributed by atoms with Gasteiger partial charge in [-0.2, -0.15) is 0 Å². The maximum absolute atomic E-state index is 13.3. The van der Waals surface area contributed by atoms with E-state index < -0.39 is 11.7 Å². The van der Waals surface area contributed by atoms with Crippen molar-refractivity contribution in [1.82, 2.24) is 0 Å². The van der Waals surface area contributed by atoms with E-state index in [1.54, 1.807) is 48.5 Å². The molecule has 0 spiro atoms. The van der Waals surface area contributed by atoms with Crippen molar-refractivity contribution in [3.63, 3.8) is 0 Å². The van der Waals surface area contributed by atoms with Gasteiger partial charge < -0.3 is 10.6 Å². The van der Waals surface area contributed by atoms with Crippen LogP contribution in [0.15, 0.2) is 72.8 Å². The number of halogens is 1. The van der Waals surface area contributed by atoms with Gasteiger partial charge in [0.25, 0.3) is 11.8 Å². The van der Waals surface area contributed by atoms with E-state index in [0.29, 0.717) is 16.9 Å². The van der Waals surface area contributed by atoms with E-state index in [1.165, 1.54) is 18.2 Å². The number of rotatable bonds is 4. The third kappa shape index (κ3) is 4.13. The van der Waals surface area contributed by atoms with Gasteiger partial charge in [0.15, 0.2) is 0 Å². The number of anilines is 2. The first-order chi connectivity index (χ1) is 12.5. The van der Waals surface area contributed by atoms with Gasteiger partial charge >= 0.3 is 0 Å². The quantitative estimate of drug-likeness (QED) is 0.722. The largest absolute Gasteiger partial charge is 0.322 e. The Morgan fingerprint density at radius 2 is 1.58 bits per heavy atom. The molecule has 2 N–H and O–H groups in total. The van der Waals surface area contributed by atoms with Crippen LogP contribution in [0.25, 0.3) is 0 Å². The Bertz CT molecular complexity index is 969. The normalized spacial score (nSPS) is 10.2. The third-order valence-corrected chi connectivity index (χ3v) is 3.78. The minimum absolute atomic E-state index is 0.290. The zero-order valence-corrected chi connectivity index (χ0v) is 14.1. The number of hydrogen-bond donors (Lipinski definition) is 2. The van der Waals surface area contributed by atoms with E-state index >= 15 is 0 Å². The maximum Gasteiger partial charge on any atom is 0.257 e. The van der Waals surface area contributed by atoms with Crippen molar-refractivity contribution in [3.8, 4) is 0 Å². The Morgan fingerprint density at radius 1 is 0.808 bits per heavy atom. The number of hydrogen-bond acceptors (Lipinski definition) is 2. The van der Waals surface area contributed by atoms with Crippen LogP contribution in [-0.4, -0.2) is 11.8 Å². The Kier molecular flexibility index (Phi) is 5.08. The fraction of sp³-hybridized carbons (Fsp3) is 0.0476. The summed E-state index contributed by atoms with van der Waals surface area (Å²) >= 11 is 0. The van der Waals surface area contributed by atoms with Crippen LogP contribution in [0.4, 0.5) is 15.8 Å². The molecule has 2 amide bonds. The van der Waals surface area contributed by atoms with Crippen molar-refractivity contribution >= 4 is 23.2 Å². The SMILES string of the molecule is Cc1cccc(C(=O)Nc2ccccc2C(=O)Nc2cccc(F)c2)c1. The molecule has 0 aromatic heterocycles. The van der Waals surface area contributed by atoms with E-state index in [1.807, 2.05) is 13.0 Å². The Hall–Kier alpha value is -3.47. The molecule has 0 fully saturated rings. The van der Waals surface area contributed by atoms with Gasteiger partial charge in [-0.05, 0) is 49.4 Å². The highest BCUT2D eigenvalue weighted by molar-refractivity contribution is 6.12. The van der Waals surface area contributed by atoms with Crippen LogP contribution in [0.1, 0.15) is 26.3 Å². The molecule has 3 aromatic carbocycles. The first kappa shape index (κ1) is 17.4. The van der Waals surface area contributed by atoms with Crippen molar-refractivity contribution < 1.29 is 14.0 Å². The molecule has 26 heavy (non-hydrogen) atoms. The molecule has 0 radical (unpaired) electrons. The standard InChI is InChI=1S/C21H17FN2O2/c1-14-6-4-7-15(12-14)20(25)24-19-11-3-2-10-18(19)21(26)23-17-9-5-8-16(22)13-17/h2-13H,1H3,(H,23,26)(H,24,25). The lowest BCUT2D eigenvalue weighted by Crippen LogP contribution is -2.18. The zero-order chi connectivity index (χ0) is 18.5. The highest BCUT2D eigenvalue weighted by Gasteiger charge is 2.14. The summed E-state index contributed by atoms with van der Waals surface area (Å²) in [7, 11) is 0. The number of benzene rings is 3. The van der Waals surface area contributed by atoms with E-state index in [2.05, 4.69) is 10.6 Å². The van der Waals surface area contributed by atoms with Crippen LogP contribution in [0.3, 0.4) is 0 Å². The number of para-hydroxylation sites is 1. The number of amides is 2. The molecule has 5 heteroatoms. The lowest BCUT2D eigenvalue weighted by Gasteiger charge is -2.12. The van der Waals surface area contributed by atoms with Gasteiger partial charge in [0, 0.05) is 11.3 Å². The molecule has 3 aromatic rings. The van der Waals surface area contributed by atoms with Crippen LogP contribution in [0.5, 0.6) is 0 Å². The molecule has 4 nitrogen and oxygen atoms in total. The van der Waals surface area contributed by atoms with Gasteiger partial charge in [0.2, 0.25) is 0 Å². The molecule has 0 atom stereocenters. The van der Waals surface area contributed by atoms with Gasteiger partial charge in [-0.15, -0.1) is 0 Å². The van der Waals surface area contributed by atoms with Crippen molar-refractivity contribution in [3.05, 3.63) is 95.3 Å². The molecule has 130 valence electrons. The Labute approximate surface area is 150 Å². The summed E-state index contributed by atoms with van der Waals surface area (Å²) in [5.41, 5.74) is 2.49. The average Bonchev–Trinajstić information content (AvgIpc) is 2.62. The van der Waals surface area contributed by atoms with Crippen molar-refractivity contribution in [2.45, 2.75) is 6.92 Å². The molecule has 0 saturated heterocycles. The minimum atomic E-state index is -0.441. The molecular weight excluding hydrogens is 331 g/mol. The fourth-order valence-corrected chi connectivity index (χ4v) is 2.54. The summed E-state index contributed by atoms with van der Waals surface area (Å²) in [6, 6.07) is 19.5. The average molecular weight is 348 g/mol. The van der Waals surface area contributed by atoms with E-state index in [9.17, 15) is 14.0 Å². The maximum atomic E-state index is 13.3. The van der Waals surface area contributed by atoms with Gasteiger partial charge in [0.1, 0.15) is 5.82 Å². The number of carbonyl (C=O) groups is 2. The second kappa shape index (κ2) is 7.61. The molecule has 0 aliphatic carbocycles. The molecular formula is C21H17FN2O2. The summed E-state index contributed by atoms with van der Waals surface area (Å²) in [6.45, 7) is 1.90. The van der Waals surface area contributed by atoms with E-state index in [4.69, 9.17) is 0 Å². The molecule has 0 heterocycles. The van der Waals surface area contributed by atoms with Crippen LogP contribution >= 0.6 is 0 Å². The van der Waals surface area contributed by atoms with E-state index in [-0.39, 0.29) is 11.5 Å². The van der Waals surface area contributed by atoms with Gasteiger partial charge in [-0.25, -0.2) is 4.39 Å². The number of nitrogens with one attached hydrogen (secondary N) is 2. The van der Waals surface area contributed by atoms with Crippen LogP contribution in [0.2, 0.25) is 0 Å². The third-order valence-electron chi connectivity index (χ3n) is 3.78. The second-order valence-corrected chi connectivity index (χ2v) is 5.83. The van der Waals surface area contributed by atoms with Gasteiger partial charge in [-0.1, -0.05) is 35.9 Å². The van der Waals surface area contributed by atoms with Gasteiger partial charge in [0.05, 0.1) is 11.3 Å². The second-order valence-electron chi connectivity index (χ2n) is 5.83. The lowest BCUT2D eigenvalue weighted by molar-refractivity contribution is 0.102. The van der Waals surface area contributed by atoms with Crippen molar-refractivity contribution in [1.29, 1.82) is 0 Å². The monoisotopic (exact) mass is 348 g/mol. The van der Waals surface area contributed by atoms with E-state index in [0.717, 1.165) is 5.56 Å². The first-order valence-corrected chi connectivity index (χ1v) is 8.07. The molecule has 0 aliphatic rings. The number of aryl methyl sites for hydroxylation is 1. The zero-order valence-electron chi connectivity index (χ0n) is 14.1. The summed E-state index contributed by atoms with van der Waals surface area (Å²) in [4.78, 5) is 25.0. The first-order valence-electron chi connectivity index (χ1n) is 8.07. The summed E-state index contributed by atoms with van der Waals surface area (Å²) in [5, 5.41) is 5.39. The molecule has 0 aliphatic heterocycles. The fourth-order valence-electron chi connectivity index (χ4n) is 2.54. The molecule has 3 rings (SSSR count). The predicted octanol–water partition coefficient (Wildman–Crippen LogP) is 4.64. The number of carbonyl (C=O) groups excluding carboxylic acids is 2. The Morgan fingerprint density at radius 3 is 2.35 bits per heavy atom. The Balaban J connectivity index is 1.81.